The van der Waals surface area contributed by atoms with Gasteiger partial charge in [0.15, 0.2) is 0 Å². The Balaban J connectivity index is 2.57. The van der Waals surface area contributed by atoms with Crippen molar-refractivity contribution >= 4 is 5.78 Å². The van der Waals surface area contributed by atoms with Gasteiger partial charge >= 0.3 is 0 Å². The standard InChI is InChI=1S/C15H23NO/c1-12-7-5-6-8-14(12)15(3,4)11-16-10-9-13(2)17/h5-8,16H,9-11H2,1-4H3. The van der Waals surface area contributed by atoms with Crippen LogP contribution in [0.5, 0.6) is 0 Å². The lowest BCUT2D eigenvalue weighted by atomic mass is 9.82. The third kappa shape index (κ3) is 4.31. The van der Waals surface area contributed by atoms with E-state index in [1.54, 1.807) is 6.92 Å². The minimum absolute atomic E-state index is 0.0993. The summed E-state index contributed by atoms with van der Waals surface area (Å²) >= 11 is 0. The average molecular weight is 233 g/mol. The molecule has 0 aliphatic carbocycles. The van der Waals surface area contributed by atoms with Gasteiger partial charge in [0, 0.05) is 24.9 Å². The second-order valence-corrected chi connectivity index (χ2v) is 5.33. The van der Waals surface area contributed by atoms with E-state index in [4.69, 9.17) is 0 Å². The normalized spacial score (nSPS) is 11.5. The zero-order valence-corrected chi connectivity index (χ0v) is 11.3. The molecule has 0 aliphatic rings. The lowest BCUT2D eigenvalue weighted by Crippen LogP contribution is -2.34. The summed E-state index contributed by atoms with van der Waals surface area (Å²) < 4.78 is 0. The molecule has 17 heavy (non-hydrogen) atoms. The van der Waals surface area contributed by atoms with Gasteiger partial charge in [-0.1, -0.05) is 38.1 Å². The number of rotatable bonds is 6. The van der Waals surface area contributed by atoms with Gasteiger partial charge in [0.25, 0.3) is 0 Å². The number of Topliss-reactive ketones (excluding diaryl/α,β-unsaturated/α-hetero) is 1. The van der Waals surface area contributed by atoms with Crippen LogP contribution in [0.2, 0.25) is 0 Å². The second-order valence-electron chi connectivity index (χ2n) is 5.33. The molecule has 0 atom stereocenters. The summed E-state index contributed by atoms with van der Waals surface area (Å²) in [6, 6.07) is 8.48. The van der Waals surface area contributed by atoms with Crippen LogP contribution in [-0.4, -0.2) is 18.9 Å². The summed E-state index contributed by atoms with van der Waals surface area (Å²) in [6.45, 7) is 9.91. The van der Waals surface area contributed by atoms with Crippen molar-refractivity contribution in [3.05, 3.63) is 35.4 Å². The summed E-state index contributed by atoms with van der Waals surface area (Å²) in [5.41, 5.74) is 2.79. The van der Waals surface area contributed by atoms with Gasteiger partial charge in [0.2, 0.25) is 0 Å². The van der Waals surface area contributed by atoms with Crippen LogP contribution in [0.4, 0.5) is 0 Å². The topological polar surface area (TPSA) is 29.1 Å². The van der Waals surface area contributed by atoms with Crippen molar-refractivity contribution in [2.24, 2.45) is 0 Å². The van der Waals surface area contributed by atoms with Crippen molar-refractivity contribution in [1.82, 2.24) is 5.32 Å². The summed E-state index contributed by atoms with van der Waals surface area (Å²) in [7, 11) is 0. The molecule has 0 radical (unpaired) electrons. The SMILES string of the molecule is CC(=O)CCNCC(C)(C)c1ccccc1C. The van der Waals surface area contributed by atoms with Crippen molar-refractivity contribution < 1.29 is 4.79 Å². The predicted octanol–water partition coefficient (Wildman–Crippen LogP) is 2.84. The first-order chi connectivity index (χ1) is 7.93. The monoisotopic (exact) mass is 233 g/mol. The van der Waals surface area contributed by atoms with Crippen LogP contribution in [-0.2, 0) is 10.2 Å². The van der Waals surface area contributed by atoms with Gasteiger partial charge in [-0.2, -0.15) is 0 Å². The van der Waals surface area contributed by atoms with E-state index >= 15 is 0 Å². The third-order valence-corrected chi connectivity index (χ3v) is 3.09. The number of ketones is 1. The molecule has 94 valence electrons. The van der Waals surface area contributed by atoms with Gasteiger partial charge in [-0.15, -0.1) is 0 Å². The van der Waals surface area contributed by atoms with Crippen LogP contribution in [0.25, 0.3) is 0 Å². The minimum atomic E-state index is 0.0993. The summed E-state index contributed by atoms with van der Waals surface area (Å²) in [4.78, 5) is 10.9. The van der Waals surface area contributed by atoms with E-state index in [1.807, 2.05) is 0 Å². The molecule has 1 N–H and O–H groups in total. The Labute approximate surface area is 104 Å². The van der Waals surface area contributed by atoms with Crippen molar-refractivity contribution in [3.63, 3.8) is 0 Å². The van der Waals surface area contributed by atoms with Gasteiger partial charge in [-0.3, -0.25) is 4.79 Å². The van der Waals surface area contributed by atoms with Crippen molar-refractivity contribution in [1.29, 1.82) is 0 Å². The number of aryl methyl sites for hydroxylation is 1. The highest BCUT2D eigenvalue weighted by molar-refractivity contribution is 5.75. The molecule has 0 amide bonds. The molecule has 0 saturated carbocycles. The Morgan fingerprint density at radius 3 is 2.53 bits per heavy atom. The quantitative estimate of drug-likeness (QED) is 0.765. The fourth-order valence-electron chi connectivity index (χ4n) is 2.09. The first-order valence-corrected chi connectivity index (χ1v) is 6.20. The fraction of sp³-hybridized carbons (Fsp3) is 0.533. The first-order valence-electron chi connectivity index (χ1n) is 6.20. The molecule has 0 saturated heterocycles. The summed E-state index contributed by atoms with van der Waals surface area (Å²) in [6.07, 6.45) is 0.615. The second kappa shape index (κ2) is 5.97. The zero-order valence-electron chi connectivity index (χ0n) is 11.3. The van der Waals surface area contributed by atoms with Crippen molar-refractivity contribution in [3.8, 4) is 0 Å². The van der Waals surface area contributed by atoms with E-state index in [-0.39, 0.29) is 11.2 Å². The number of hydrogen-bond acceptors (Lipinski definition) is 2. The Hall–Kier alpha value is -1.15. The predicted molar refractivity (Wildman–Crippen MR) is 72.4 cm³/mol. The number of hydrogen-bond donors (Lipinski definition) is 1. The molecule has 1 aromatic rings. The average Bonchev–Trinajstić information content (AvgIpc) is 2.24. The number of nitrogens with one attached hydrogen (secondary N) is 1. The smallest absolute Gasteiger partial charge is 0.131 e. The maximum atomic E-state index is 10.9. The van der Waals surface area contributed by atoms with Crippen LogP contribution in [0.15, 0.2) is 24.3 Å². The van der Waals surface area contributed by atoms with E-state index in [2.05, 4.69) is 50.4 Å². The van der Waals surface area contributed by atoms with E-state index in [1.165, 1.54) is 11.1 Å². The molecule has 2 heteroatoms. The Bertz CT molecular complexity index is 382. The molecule has 0 unspecified atom stereocenters. The number of carbonyl (C=O) groups is 1. The molecule has 0 spiro atoms. The summed E-state index contributed by atoms with van der Waals surface area (Å²) in [5.74, 6) is 0.242. The van der Waals surface area contributed by atoms with Gasteiger partial charge in [0.1, 0.15) is 5.78 Å². The van der Waals surface area contributed by atoms with Crippen molar-refractivity contribution in [2.75, 3.05) is 13.1 Å². The molecular weight excluding hydrogens is 210 g/mol. The van der Waals surface area contributed by atoms with E-state index in [0.717, 1.165) is 13.1 Å². The molecule has 1 rings (SSSR count). The first kappa shape index (κ1) is 13.9. The maximum absolute atomic E-state index is 10.9. The number of benzene rings is 1. The lowest BCUT2D eigenvalue weighted by molar-refractivity contribution is -0.116. The molecule has 1 aromatic carbocycles. The van der Waals surface area contributed by atoms with Gasteiger partial charge < -0.3 is 5.32 Å². The van der Waals surface area contributed by atoms with Crippen LogP contribution in [0, 0.1) is 6.92 Å². The summed E-state index contributed by atoms with van der Waals surface area (Å²) in [5, 5.41) is 3.36. The highest BCUT2D eigenvalue weighted by atomic mass is 16.1. The molecular formula is C15H23NO. The van der Waals surface area contributed by atoms with E-state index in [9.17, 15) is 4.79 Å². The Morgan fingerprint density at radius 2 is 1.94 bits per heavy atom. The van der Waals surface area contributed by atoms with Gasteiger partial charge in [0.05, 0.1) is 0 Å². The maximum Gasteiger partial charge on any atom is 0.131 e. The van der Waals surface area contributed by atoms with E-state index < -0.39 is 0 Å². The molecule has 0 aromatic heterocycles. The van der Waals surface area contributed by atoms with Crippen LogP contribution >= 0.6 is 0 Å². The molecule has 0 aliphatic heterocycles. The minimum Gasteiger partial charge on any atom is -0.315 e. The Morgan fingerprint density at radius 1 is 1.29 bits per heavy atom. The molecule has 0 heterocycles. The largest absolute Gasteiger partial charge is 0.315 e. The molecule has 0 fully saturated rings. The Kier molecular flexibility index (Phi) is 4.88. The number of carbonyl (C=O) groups excluding carboxylic acids is 1. The highest BCUT2D eigenvalue weighted by Gasteiger charge is 2.21. The lowest BCUT2D eigenvalue weighted by Gasteiger charge is -2.27. The van der Waals surface area contributed by atoms with Crippen LogP contribution in [0.1, 0.15) is 38.3 Å². The van der Waals surface area contributed by atoms with Gasteiger partial charge in [-0.05, 0) is 25.0 Å². The van der Waals surface area contributed by atoms with Crippen molar-refractivity contribution in [2.45, 2.75) is 39.5 Å². The zero-order chi connectivity index (χ0) is 12.9. The van der Waals surface area contributed by atoms with Crippen LogP contribution in [0.3, 0.4) is 0 Å². The fourth-order valence-corrected chi connectivity index (χ4v) is 2.09. The highest BCUT2D eigenvalue weighted by Crippen LogP contribution is 2.25. The van der Waals surface area contributed by atoms with E-state index in [0.29, 0.717) is 6.42 Å². The van der Waals surface area contributed by atoms with Gasteiger partial charge in [-0.25, -0.2) is 0 Å². The third-order valence-electron chi connectivity index (χ3n) is 3.09. The molecule has 2 nitrogen and oxygen atoms in total. The van der Waals surface area contributed by atoms with Crippen LogP contribution < -0.4 is 5.32 Å². The molecule has 0 bridgehead atoms.